The molecule has 2 heterocycles. The summed E-state index contributed by atoms with van der Waals surface area (Å²) in [6, 6.07) is 4.11. The van der Waals surface area contributed by atoms with E-state index in [1.807, 2.05) is 0 Å². The summed E-state index contributed by atoms with van der Waals surface area (Å²) in [6.07, 6.45) is 2.14. The number of nitrogens with zero attached hydrogens (tertiary/aromatic N) is 1. The number of nitrogens with one attached hydrogen (secondary N) is 1. The van der Waals surface area contributed by atoms with E-state index >= 15 is 0 Å². The van der Waals surface area contributed by atoms with Gasteiger partial charge in [-0.2, -0.15) is 0 Å². The first-order chi connectivity index (χ1) is 9.99. The molecule has 0 saturated carbocycles. The standard InChI is InChI=1S/C15H16ClFN2O2/c16-11-2-1-10(7-12(11)17)14(21)19-5-3-15(4-6-19)8-13(20)18-9-15/h1-2,7H,3-6,8-9H2,(H,18,20). The molecule has 2 saturated heterocycles. The van der Waals surface area contributed by atoms with Crippen molar-refractivity contribution < 1.29 is 14.0 Å². The van der Waals surface area contributed by atoms with E-state index in [-0.39, 0.29) is 22.3 Å². The van der Waals surface area contributed by atoms with Crippen LogP contribution in [0.25, 0.3) is 0 Å². The molecule has 2 amide bonds. The Balaban J connectivity index is 1.67. The molecule has 2 aliphatic rings. The third-order valence-electron chi connectivity index (χ3n) is 4.47. The number of rotatable bonds is 1. The molecule has 1 aromatic carbocycles. The summed E-state index contributed by atoms with van der Waals surface area (Å²) in [5.74, 6) is -0.672. The average molecular weight is 311 g/mol. The lowest BCUT2D eigenvalue weighted by atomic mass is 9.77. The van der Waals surface area contributed by atoms with Crippen LogP contribution in [0.3, 0.4) is 0 Å². The molecule has 0 aromatic heterocycles. The fourth-order valence-electron chi connectivity index (χ4n) is 3.10. The van der Waals surface area contributed by atoms with Crippen molar-refractivity contribution in [1.82, 2.24) is 10.2 Å². The molecular weight excluding hydrogens is 295 g/mol. The second-order valence-corrected chi connectivity index (χ2v) is 6.28. The Kier molecular flexibility index (Phi) is 3.61. The van der Waals surface area contributed by atoms with Crippen LogP contribution in [0.1, 0.15) is 29.6 Å². The Morgan fingerprint density at radius 1 is 1.33 bits per heavy atom. The number of likely N-dealkylation sites (tertiary alicyclic amines) is 1. The Hall–Kier alpha value is -1.62. The van der Waals surface area contributed by atoms with Crippen molar-refractivity contribution in [2.75, 3.05) is 19.6 Å². The highest BCUT2D eigenvalue weighted by molar-refractivity contribution is 6.30. The van der Waals surface area contributed by atoms with Gasteiger partial charge in [0, 0.05) is 31.6 Å². The van der Waals surface area contributed by atoms with E-state index in [4.69, 9.17) is 11.6 Å². The first-order valence-corrected chi connectivity index (χ1v) is 7.38. The monoisotopic (exact) mass is 310 g/mol. The van der Waals surface area contributed by atoms with Gasteiger partial charge in [0.25, 0.3) is 5.91 Å². The quantitative estimate of drug-likeness (QED) is 0.864. The third-order valence-corrected chi connectivity index (χ3v) is 4.78. The topological polar surface area (TPSA) is 49.4 Å². The lowest BCUT2D eigenvalue weighted by Gasteiger charge is -2.38. The molecule has 3 rings (SSSR count). The van der Waals surface area contributed by atoms with Gasteiger partial charge in [-0.25, -0.2) is 4.39 Å². The summed E-state index contributed by atoms with van der Waals surface area (Å²) in [5.41, 5.74) is 0.313. The summed E-state index contributed by atoms with van der Waals surface area (Å²) in [5, 5.41) is 2.88. The molecular formula is C15H16ClFN2O2. The molecule has 0 aliphatic carbocycles. The van der Waals surface area contributed by atoms with Crippen LogP contribution in [0.2, 0.25) is 5.02 Å². The van der Waals surface area contributed by atoms with Crippen molar-refractivity contribution in [2.45, 2.75) is 19.3 Å². The lowest BCUT2D eigenvalue weighted by Crippen LogP contribution is -2.44. The average Bonchev–Trinajstić information content (AvgIpc) is 2.83. The van der Waals surface area contributed by atoms with Gasteiger partial charge in [0.1, 0.15) is 5.82 Å². The van der Waals surface area contributed by atoms with Gasteiger partial charge < -0.3 is 10.2 Å². The zero-order valence-corrected chi connectivity index (χ0v) is 12.3. The number of carbonyl (C=O) groups excluding carboxylic acids is 2. The molecule has 4 nitrogen and oxygen atoms in total. The van der Waals surface area contributed by atoms with Crippen molar-refractivity contribution in [3.05, 3.63) is 34.6 Å². The minimum atomic E-state index is -0.582. The Bertz CT molecular complexity index is 597. The van der Waals surface area contributed by atoms with Crippen molar-refractivity contribution in [1.29, 1.82) is 0 Å². The van der Waals surface area contributed by atoms with E-state index in [1.165, 1.54) is 12.1 Å². The smallest absolute Gasteiger partial charge is 0.253 e. The van der Waals surface area contributed by atoms with E-state index in [9.17, 15) is 14.0 Å². The number of amides is 2. The van der Waals surface area contributed by atoms with Crippen molar-refractivity contribution >= 4 is 23.4 Å². The summed E-state index contributed by atoms with van der Waals surface area (Å²) < 4.78 is 13.4. The molecule has 1 spiro atoms. The van der Waals surface area contributed by atoms with E-state index in [2.05, 4.69) is 5.32 Å². The van der Waals surface area contributed by atoms with Crippen molar-refractivity contribution in [3.63, 3.8) is 0 Å². The molecule has 2 fully saturated rings. The van der Waals surface area contributed by atoms with Crippen LogP contribution in [-0.4, -0.2) is 36.3 Å². The number of halogens is 2. The van der Waals surface area contributed by atoms with E-state index in [0.717, 1.165) is 12.8 Å². The zero-order chi connectivity index (χ0) is 15.0. The predicted molar refractivity (Wildman–Crippen MR) is 76.6 cm³/mol. The van der Waals surface area contributed by atoms with Crippen LogP contribution in [0, 0.1) is 11.2 Å². The van der Waals surface area contributed by atoms with E-state index in [0.29, 0.717) is 31.6 Å². The van der Waals surface area contributed by atoms with Gasteiger partial charge in [-0.15, -0.1) is 0 Å². The maximum absolute atomic E-state index is 13.4. The second-order valence-electron chi connectivity index (χ2n) is 5.87. The molecule has 0 bridgehead atoms. The van der Waals surface area contributed by atoms with E-state index < -0.39 is 5.82 Å². The number of carbonyl (C=O) groups is 2. The van der Waals surface area contributed by atoms with Crippen LogP contribution in [0.4, 0.5) is 4.39 Å². The third kappa shape index (κ3) is 2.75. The second kappa shape index (κ2) is 5.30. The molecule has 6 heteroatoms. The fraction of sp³-hybridized carbons (Fsp3) is 0.467. The maximum atomic E-state index is 13.4. The van der Waals surface area contributed by atoms with Crippen molar-refractivity contribution in [2.24, 2.45) is 5.41 Å². The van der Waals surface area contributed by atoms with Gasteiger partial charge in [0.2, 0.25) is 5.91 Å². The van der Waals surface area contributed by atoms with Gasteiger partial charge in [-0.05, 0) is 36.5 Å². The zero-order valence-electron chi connectivity index (χ0n) is 11.5. The molecule has 1 N–H and O–H groups in total. The van der Waals surface area contributed by atoms with Crippen LogP contribution in [0.15, 0.2) is 18.2 Å². The summed E-state index contributed by atoms with van der Waals surface area (Å²) >= 11 is 5.63. The van der Waals surface area contributed by atoms with Gasteiger partial charge in [0.05, 0.1) is 5.02 Å². The van der Waals surface area contributed by atoms with Crippen LogP contribution >= 0.6 is 11.6 Å². The van der Waals surface area contributed by atoms with Crippen molar-refractivity contribution in [3.8, 4) is 0 Å². The highest BCUT2D eigenvalue weighted by Crippen LogP contribution is 2.37. The van der Waals surface area contributed by atoms with Crippen LogP contribution in [0.5, 0.6) is 0 Å². The summed E-state index contributed by atoms with van der Waals surface area (Å²) in [4.78, 5) is 25.5. The molecule has 0 radical (unpaired) electrons. The van der Waals surface area contributed by atoms with Gasteiger partial charge >= 0.3 is 0 Å². The first kappa shape index (κ1) is 14.3. The predicted octanol–water partition coefficient (Wildman–Crippen LogP) is 2.22. The number of benzene rings is 1. The molecule has 0 atom stereocenters. The highest BCUT2D eigenvalue weighted by atomic mass is 35.5. The maximum Gasteiger partial charge on any atom is 0.253 e. The molecule has 21 heavy (non-hydrogen) atoms. The Morgan fingerprint density at radius 2 is 2.05 bits per heavy atom. The lowest BCUT2D eigenvalue weighted by molar-refractivity contribution is -0.119. The molecule has 0 unspecified atom stereocenters. The van der Waals surface area contributed by atoms with Crippen LogP contribution in [-0.2, 0) is 4.79 Å². The normalized spacial score (nSPS) is 20.7. The van der Waals surface area contributed by atoms with Crippen LogP contribution < -0.4 is 5.32 Å². The number of piperidine rings is 1. The Labute approximate surface area is 127 Å². The fourth-order valence-corrected chi connectivity index (χ4v) is 3.22. The highest BCUT2D eigenvalue weighted by Gasteiger charge is 2.41. The largest absolute Gasteiger partial charge is 0.356 e. The van der Waals surface area contributed by atoms with Gasteiger partial charge in [-0.3, -0.25) is 9.59 Å². The van der Waals surface area contributed by atoms with E-state index in [1.54, 1.807) is 11.0 Å². The molecule has 1 aromatic rings. The first-order valence-electron chi connectivity index (χ1n) is 7.00. The summed E-state index contributed by atoms with van der Waals surface area (Å²) in [7, 11) is 0. The van der Waals surface area contributed by atoms with Gasteiger partial charge in [0.15, 0.2) is 0 Å². The minimum Gasteiger partial charge on any atom is -0.356 e. The SMILES string of the molecule is O=C1CC2(CCN(C(=O)c3ccc(Cl)c(F)c3)CC2)CN1. The van der Waals surface area contributed by atoms with Gasteiger partial charge in [-0.1, -0.05) is 11.6 Å². The number of hydrogen-bond acceptors (Lipinski definition) is 2. The Morgan fingerprint density at radius 3 is 2.62 bits per heavy atom. The minimum absolute atomic E-state index is 0.000884. The number of hydrogen-bond donors (Lipinski definition) is 1. The summed E-state index contributed by atoms with van der Waals surface area (Å²) in [6.45, 7) is 1.89. The molecule has 2 aliphatic heterocycles. The molecule has 112 valence electrons.